The van der Waals surface area contributed by atoms with Crippen molar-refractivity contribution in [2.24, 2.45) is 5.92 Å². The molecule has 31 heavy (non-hydrogen) atoms. The molecule has 4 rings (SSSR count). The summed E-state index contributed by atoms with van der Waals surface area (Å²) in [6, 6.07) is 15.1. The first-order valence-corrected chi connectivity index (χ1v) is 10.8. The molecule has 0 spiro atoms. The highest BCUT2D eigenvalue weighted by Gasteiger charge is 2.16. The Morgan fingerprint density at radius 1 is 0.935 bits per heavy atom. The van der Waals surface area contributed by atoms with Crippen LogP contribution in [0.5, 0.6) is 0 Å². The maximum atomic E-state index is 12.2. The monoisotopic (exact) mass is 416 g/mol. The van der Waals surface area contributed by atoms with Crippen LogP contribution >= 0.6 is 0 Å². The van der Waals surface area contributed by atoms with Gasteiger partial charge in [-0.1, -0.05) is 31.7 Å². The summed E-state index contributed by atoms with van der Waals surface area (Å²) >= 11 is 0. The minimum Gasteiger partial charge on any atom is -0.340 e. The van der Waals surface area contributed by atoms with Crippen molar-refractivity contribution in [3.63, 3.8) is 0 Å². The highest BCUT2D eigenvalue weighted by molar-refractivity contribution is 5.90. The Morgan fingerprint density at radius 2 is 1.65 bits per heavy atom. The van der Waals surface area contributed by atoms with Crippen LogP contribution in [0.2, 0.25) is 0 Å². The molecular weight excluding hydrogens is 388 g/mol. The fourth-order valence-electron chi connectivity index (χ4n) is 3.91. The van der Waals surface area contributed by atoms with E-state index in [1.807, 2.05) is 55.5 Å². The van der Waals surface area contributed by atoms with Crippen molar-refractivity contribution in [3.05, 3.63) is 60.6 Å². The number of carbonyl (C=O) groups is 1. The first kappa shape index (κ1) is 20.8. The van der Waals surface area contributed by atoms with Gasteiger partial charge < -0.3 is 16.0 Å². The van der Waals surface area contributed by atoms with Gasteiger partial charge in [-0.2, -0.15) is 0 Å². The molecule has 1 aromatic carbocycles. The number of hydrogen-bond donors (Lipinski definition) is 3. The third-order valence-corrected chi connectivity index (χ3v) is 5.45. The zero-order chi connectivity index (χ0) is 21.5. The van der Waals surface area contributed by atoms with Crippen molar-refractivity contribution in [3.8, 4) is 0 Å². The standard InChI is InChI=1S/C24H28N6O/c1-17-26-22(16-23(27-17)30-21-8-4-5-15-25-21)28-19-10-12-20(13-11-19)29-24(31)14-9-18-6-2-3-7-18/h4-5,8,10-13,15-16,18H,2-3,6-7,9,14H2,1H3,(H,29,31)(H2,25,26,27,28,30). The number of carbonyl (C=O) groups excluding carboxylic acids is 1. The second kappa shape index (κ2) is 10.0. The van der Waals surface area contributed by atoms with Crippen LogP contribution in [0.15, 0.2) is 54.7 Å². The SMILES string of the molecule is Cc1nc(Nc2ccc(NC(=O)CCC3CCCC3)cc2)cc(Nc2ccccn2)n1. The molecule has 1 amide bonds. The summed E-state index contributed by atoms with van der Waals surface area (Å²) in [6.45, 7) is 1.85. The Bertz CT molecular complexity index is 1000. The van der Waals surface area contributed by atoms with E-state index in [9.17, 15) is 4.79 Å². The van der Waals surface area contributed by atoms with Crippen LogP contribution in [0.25, 0.3) is 0 Å². The number of hydrogen-bond acceptors (Lipinski definition) is 6. The summed E-state index contributed by atoms with van der Waals surface area (Å²) in [5.41, 5.74) is 1.68. The second-order valence-electron chi connectivity index (χ2n) is 7.97. The molecule has 1 aliphatic rings. The van der Waals surface area contributed by atoms with Crippen molar-refractivity contribution in [1.29, 1.82) is 0 Å². The molecule has 1 saturated carbocycles. The second-order valence-corrected chi connectivity index (χ2v) is 7.97. The molecule has 3 N–H and O–H groups in total. The van der Waals surface area contributed by atoms with Gasteiger partial charge in [-0.05, 0) is 55.7 Å². The number of nitrogens with zero attached hydrogens (tertiary/aromatic N) is 3. The summed E-state index contributed by atoms with van der Waals surface area (Å²) in [5, 5.41) is 9.47. The van der Waals surface area contributed by atoms with Crippen LogP contribution in [0, 0.1) is 12.8 Å². The fraction of sp³-hybridized carbons (Fsp3) is 0.333. The van der Waals surface area contributed by atoms with Crippen LogP contribution in [0.1, 0.15) is 44.3 Å². The molecule has 0 radical (unpaired) electrons. The predicted octanol–water partition coefficient (Wildman–Crippen LogP) is 5.58. The first-order chi connectivity index (χ1) is 15.1. The van der Waals surface area contributed by atoms with E-state index in [2.05, 4.69) is 30.9 Å². The van der Waals surface area contributed by atoms with Crippen LogP contribution in [0.3, 0.4) is 0 Å². The van der Waals surface area contributed by atoms with Crippen LogP contribution < -0.4 is 16.0 Å². The van der Waals surface area contributed by atoms with E-state index in [-0.39, 0.29) is 5.91 Å². The van der Waals surface area contributed by atoms with Gasteiger partial charge in [0.2, 0.25) is 5.91 Å². The third-order valence-electron chi connectivity index (χ3n) is 5.45. The van der Waals surface area contributed by atoms with Crippen molar-refractivity contribution in [2.75, 3.05) is 16.0 Å². The molecule has 0 aliphatic heterocycles. The van der Waals surface area contributed by atoms with E-state index in [1.165, 1.54) is 25.7 Å². The molecule has 2 heterocycles. The lowest BCUT2D eigenvalue weighted by Gasteiger charge is -2.11. The van der Waals surface area contributed by atoms with E-state index in [1.54, 1.807) is 6.20 Å². The summed E-state index contributed by atoms with van der Waals surface area (Å²) in [7, 11) is 0. The summed E-state index contributed by atoms with van der Waals surface area (Å²) in [6.07, 6.45) is 8.49. The highest BCUT2D eigenvalue weighted by atomic mass is 16.1. The van der Waals surface area contributed by atoms with Crippen molar-refractivity contribution < 1.29 is 4.79 Å². The normalized spacial score (nSPS) is 13.7. The van der Waals surface area contributed by atoms with Gasteiger partial charge in [0.25, 0.3) is 0 Å². The number of pyridine rings is 1. The van der Waals surface area contributed by atoms with Crippen LogP contribution in [-0.4, -0.2) is 20.9 Å². The fourth-order valence-corrected chi connectivity index (χ4v) is 3.91. The minimum atomic E-state index is 0.0873. The molecule has 0 atom stereocenters. The van der Waals surface area contributed by atoms with Gasteiger partial charge in [0.1, 0.15) is 23.3 Å². The van der Waals surface area contributed by atoms with Gasteiger partial charge in [0.05, 0.1) is 0 Å². The Balaban J connectivity index is 1.33. The molecule has 0 unspecified atom stereocenters. The highest BCUT2D eigenvalue weighted by Crippen LogP contribution is 2.28. The number of benzene rings is 1. The van der Waals surface area contributed by atoms with Crippen LogP contribution in [0.4, 0.5) is 28.8 Å². The topological polar surface area (TPSA) is 91.8 Å². The first-order valence-electron chi connectivity index (χ1n) is 10.8. The predicted molar refractivity (Wildman–Crippen MR) is 124 cm³/mol. The lowest BCUT2D eigenvalue weighted by Crippen LogP contribution is -2.12. The summed E-state index contributed by atoms with van der Waals surface area (Å²) < 4.78 is 0. The van der Waals surface area contributed by atoms with Crippen molar-refractivity contribution in [2.45, 2.75) is 45.4 Å². The molecule has 0 bridgehead atoms. The molecule has 2 aromatic heterocycles. The van der Waals surface area contributed by atoms with Crippen LogP contribution in [-0.2, 0) is 4.79 Å². The molecule has 1 aliphatic carbocycles. The minimum absolute atomic E-state index is 0.0873. The smallest absolute Gasteiger partial charge is 0.224 e. The number of aromatic nitrogens is 3. The van der Waals surface area contributed by atoms with Crippen molar-refractivity contribution >= 4 is 34.7 Å². The molecular formula is C24H28N6O. The Kier molecular flexibility index (Phi) is 6.72. The molecule has 160 valence electrons. The number of amides is 1. The largest absolute Gasteiger partial charge is 0.340 e. The lowest BCUT2D eigenvalue weighted by atomic mass is 10.0. The van der Waals surface area contributed by atoms with E-state index < -0.39 is 0 Å². The average Bonchev–Trinajstić information content (AvgIpc) is 3.28. The van der Waals surface area contributed by atoms with E-state index >= 15 is 0 Å². The quantitative estimate of drug-likeness (QED) is 0.444. The Hall–Kier alpha value is -3.48. The van der Waals surface area contributed by atoms with Gasteiger partial charge in [0.15, 0.2) is 0 Å². The van der Waals surface area contributed by atoms with Crippen molar-refractivity contribution in [1.82, 2.24) is 15.0 Å². The number of nitrogens with one attached hydrogen (secondary N) is 3. The van der Waals surface area contributed by atoms with Gasteiger partial charge in [0, 0.05) is 30.1 Å². The van der Waals surface area contributed by atoms with E-state index in [0.717, 1.165) is 29.5 Å². The number of aryl methyl sites for hydroxylation is 1. The molecule has 3 aromatic rings. The average molecular weight is 417 g/mol. The molecule has 1 fully saturated rings. The zero-order valence-corrected chi connectivity index (χ0v) is 17.8. The maximum Gasteiger partial charge on any atom is 0.224 e. The van der Waals surface area contributed by atoms with Gasteiger partial charge in [-0.25, -0.2) is 15.0 Å². The maximum absolute atomic E-state index is 12.2. The molecule has 7 nitrogen and oxygen atoms in total. The van der Waals surface area contributed by atoms with Gasteiger partial charge in [-0.15, -0.1) is 0 Å². The third kappa shape index (κ3) is 6.25. The van der Waals surface area contributed by atoms with E-state index in [0.29, 0.717) is 23.9 Å². The lowest BCUT2D eigenvalue weighted by molar-refractivity contribution is -0.116. The Labute approximate surface area is 182 Å². The number of anilines is 5. The zero-order valence-electron chi connectivity index (χ0n) is 17.8. The van der Waals surface area contributed by atoms with E-state index in [4.69, 9.17) is 0 Å². The van der Waals surface area contributed by atoms with Gasteiger partial charge in [-0.3, -0.25) is 4.79 Å². The van der Waals surface area contributed by atoms with Gasteiger partial charge >= 0.3 is 0 Å². The molecule has 7 heteroatoms. The summed E-state index contributed by atoms with van der Waals surface area (Å²) in [4.78, 5) is 25.3. The number of rotatable bonds is 8. The Morgan fingerprint density at radius 3 is 2.35 bits per heavy atom. The summed E-state index contributed by atoms with van der Waals surface area (Å²) in [5.74, 6) is 3.53. The molecule has 0 saturated heterocycles.